The van der Waals surface area contributed by atoms with E-state index in [1.807, 2.05) is 0 Å². The van der Waals surface area contributed by atoms with Crippen LogP contribution in [0.15, 0.2) is 36.4 Å². The lowest BCUT2D eigenvalue weighted by atomic mass is 9.63. The number of Topliss-reactive ketones (excluding diaryl/α,β-unsaturated/α-hetero) is 1. The summed E-state index contributed by atoms with van der Waals surface area (Å²) in [6.07, 6.45) is 5.28. The van der Waals surface area contributed by atoms with Crippen LogP contribution in [0, 0.1) is 41.4 Å². The Hall–Kier alpha value is -2.47. The van der Waals surface area contributed by atoms with Crippen LogP contribution < -0.4 is 0 Å². The van der Waals surface area contributed by atoms with Crippen molar-refractivity contribution in [1.82, 2.24) is 4.90 Å². The second-order valence-corrected chi connectivity index (χ2v) is 9.86. The zero-order chi connectivity index (χ0) is 22.0. The molecular formula is C24H24ClNO5. The summed E-state index contributed by atoms with van der Waals surface area (Å²) in [7, 11) is 0. The largest absolute Gasteiger partial charge is 0.456 e. The number of ketones is 1. The van der Waals surface area contributed by atoms with Crippen molar-refractivity contribution in [3.8, 4) is 0 Å². The molecule has 7 atom stereocenters. The summed E-state index contributed by atoms with van der Waals surface area (Å²) >= 11 is 5.84. The van der Waals surface area contributed by atoms with Gasteiger partial charge in [-0.2, -0.15) is 0 Å². The summed E-state index contributed by atoms with van der Waals surface area (Å²) in [5.74, 6) is -1.50. The van der Waals surface area contributed by atoms with E-state index in [9.17, 15) is 19.2 Å². The molecule has 2 amide bonds. The quantitative estimate of drug-likeness (QED) is 0.293. The van der Waals surface area contributed by atoms with E-state index in [4.69, 9.17) is 16.3 Å². The normalized spacial score (nSPS) is 33.4. The molecule has 1 aromatic rings. The van der Waals surface area contributed by atoms with Crippen LogP contribution in [0.25, 0.3) is 0 Å². The number of ether oxygens (including phenoxy) is 1. The topological polar surface area (TPSA) is 80.8 Å². The zero-order valence-electron chi connectivity index (χ0n) is 17.4. The van der Waals surface area contributed by atoms with Gasteiger partial charge in [-0.05, 0) is 60.3 Å². The van der Waals surface area contributed by atoms with Crippen LogP contribution in [-0.4, -0.2) is 41.1 Å². The fourth-order valence-electron chi connectivity index (χ4n) is 5.87. The van der Waals surface area contributed by atoms with E-state index in [1.54, 1.807) is 38.1 Å². The van der Waals surface area contributed by atoms with Crippen LogP contribution in [0.1, 0.15) is 30.6 Å². The van der Waals surface area contributed by atoms with E-state index in [-0.39, 0.29) is 47.2 Å². The molecule has 1 saturated heterocycles. The van der Waals surface area contributed by atoms with Gasteiger partial charge in [-0.15, -0.1) is 0 Å². The van der Waals surface area contributed by atoms with Crippen LogP contribution in [0.4, 0.5) is 0 Å². The van der Waals surface area contributed by atoms with E-state index >= 15 is 0 Å². The minimum Gasteiger partial charge on any atom is -0.456 e. The highest BCUT2D eigenvalue weighted by Gasteiger charge is 2.68. The van der Waals surface area contributed by atoms with Crippen molar-refractivity contribution in [1.29, 1.82) is 0 Å². The van der Waals surface area contributed by atoms with Gasteiger partial charge >= 0.3 is 5.97 Å². The highest BCUT2D eigenvalue weighted by Crippen LogP contribution is 2.65. The molecule has 3 fully saturated rings. The smallest absolute Gasteiger partial charge is 0.330 e. The highest BCUT2D eigenvalue weighted by atomic mass is 35.5. The fourth-order valence-corrected chi connectivity index (χ4v) is 6.00. The number of rotatable bonds is 6. The molecule has 4 aliphatic carbocycles. The maximum atomic E-state index is 13.3. The van der Waals surface area contributed by atoms with Crippen molar-refractivity contribution < 1.29 is 23.9 Å². The lowest BCUT2D eigenvalue weighted by molar-refractivity contribution is -0.160. The number of allylic oxidation sites excluding steroid dienone is 2. The van der Waals surface area contributed by atoms with E-state index in [0.29, 0.717) is 22.4 Å². The first kappa shape index (κ1) is 20.4. The average Bonchev–Trinajstić information content (AvgIpc) is 3.53. The Morgan fingerprint density at radius 2 is 1.58 bits per heavy atom. The molecule has 1 aromatic carbocycles. The molecule has 1 aliphatic heterocycles. The van der Waals surface area contributed by atoms with Gasteiger partial charge in [0, 0.05) is 10.6 Å². The standard InChI is InChI=1S/C24H24ClNO5/c1-11(2)21(24(30)31-10-18(27)12-3-5-13(25)6-4-12)26-22(28)19-14-7-8-15(17-9-16(14)17)20(19)23(26)29/h3-8,11,14-17,19-21H,9-10H2,1-2H3/t14-,15-,16-,17-,19+,20+,21+/m0/s1. The highest BCUT2D eigenvalue weighted by molar-refractivity contribution is 6.30. The van der Waals surface area contributed by atoms with Gasteiger partial charge in [0.1, 0.15) is 6.04 Å². The third-order valence-electron chi connectivity index (χ3n) is 7.36. The summed E-state index contributed by atoms with van der Waals surface area (Å²) in [5, 5.41) is 0.502. The second-order valence-electron chi connectivity index (χ2n) is 9.43. The Labute approximate surface area is 185 Å². The summed E-state index contributed by atoms with van der Waals surface area (Å²) in [5.41, 5.74) is 0.375. The predicted molar refractivity (Wildman–Crippen MR) is 112 cm³/mol. The molecule has 0 aromatic heterocycles. The van der Waals surface area contributed by atoms with E-state index in [2.05, 4.69) is 12.2 Å². The number of benzene rings is 1. The van der Waals surface area contributed by atoms with Gasteiger partial charge in [-0.1, -0.05) is 37.6 Å². The van der Waals surface area contributed by atoms with Crippen molar-refractivity contribution in [2.24, 2.45) is 41.4 Å². The molecule has 5 aliphatic rings. The van der Waals surface area contributed by atoms with Gasteiger partial charge in [0.15, 0.2) is 12.4 Å². The summed E-state index contributed by atoms with van der Waals surface area (Å²) < 4.78 is 5.29. The van der Waals surface area contributed by atoms with Gasteiger partial charge in [0.2, 0.25) is 11.8 Å². The number of hydrogen-bond donors (Lipinski definition) is 0. The first-order valence-electron chi connectivity index (χ1n) is 10.8. The number of halogens is 1. The van der Waals surface area contributed by atoms with Crippen LogP contribution in [-0.2, 0) is 19.1 Å². The molecule has 0 unspecified atom stereocenters. The molecule has 6 rings (SSSR count). The van der Waals surface area contributed by atoms with E-state index in [1.165, 1.54) is 0 Å². The maximum absolute atomic E-state index is 13.3. The van der Waals surface area contributed by atoms with Crippen LogP contribution in [0.2, 0.25) is 5.02 Å². The molecule has 7 heteroatoms. The van der Waals surface area contributed by atoms with Gasteiger partial charge in [0.25, 0.3) is 0 Å². The second kappa shape index (κ2) is 7.30. The van der Waals surface area contributed by atoms with Crippen molar-refractivity contribution in [2.75, 3.05) is 6.61 Å². The van der Waals surface area contributed by atoms with Crippen molar-refractivity contribution in [3.63, 3.8) is 0 Å². The molecule has 0 spiro atoms. The lowest BCUT2D eigenvalue weighted by Gasteiger charge is -2.37. The number of hydrogen-bond acceptors (Lipinski definition) is 5. The predicted octanol–water partition coefficient (Wildman–Crippen LogP) is 3.14. The van der Waals surface area contributed by atoms with Crippen LogP contribution in [0.5, 0.6) is 0 Å². The van der Waals surface area contributed by atoms with Gasteiger partial charge in [-0.25, -0.2) is 4.79 Å². The Balaban J connectivity index is 1.32. The van der Waals surface area contributed by atoms with Gasteiger partial charge < -0.3 is 4.74 Å². The number of imide groups is 1. The molecule has 162 valence electrons. The van der Waals surface area contributed by atoms with Crippen molar-refractivity contribution >= 4 is 35.2 Å². The number of nitrogens with zero attached hydrogens (tertiary/aromatic N) is 1. The first-order valence-corrected chi connectivity index (χ1v) is 11.2. The third kappa shape index (κ3) is 3.15. The summed E-state index contributed by atoms with van der Waals surface area (Å²) in [4.78, 5) is 53.1. The Kier molecular flexibility index (Phi) is 4.81. The zero-order valence-corrected chi connectivity index (χ0v) is 18.1. The molecule has 2 bridgehead atoms. The Morgan fingerprint density at radius 1 is 1.03 bits per heavy atom. The van der Waals surface area contributed by atoms with Crippen molar-refractivity contribution in [3.05, 3.63) is 47.0 Å². The molecule has 31 heavy (non-hydrogen) atoms. The third-order valence-corrected chi connectivity index (χ3v) is 7.61. The number of carbonyl (C=O) groups excluding carboxylic acids is 4. The van der Waals surface area contributed by atoms with Gasteiger partial charge in [-0.3, -0.25) is 19.3 Å². The summed E-state index contributed by atoms with van der Waals surface area (Å²) in [6, 6.07) is 5.27. The molecule has 0 radical (unpaired) electrons. The molecular weight excluding hydrogens is 418 g/mol. The number of amides is 2. The maximum Gasteiger partial charge on any atom is 0.330 e. The Morgan fingerprint density at radius 3 is 2.10 bits per heavy atom. The number of carbonyl (C=O) groups is 4. The van der Waals surface area contributed by atoms with Crippen LogP contribution >= 0.6 is 11.6 Å². The number of likely N-dealkylation sites (tertiary alicyclic amines) is 1. The van der Waals surface area contributed by atoms with E-state index in [0.717, 1.165) is 11.3 Å². The van der Waals surface area contributed by atoms with Crippen LogP contribution in [0.3, 0.4) is 0 Å². The van der Waals surface area contributed by atoms with E-state index < -0.39 is 18.6 Å². The fraction of sp³-hybridized carbons (Fsp3) is 0.500. The lowest BCUT2D eigenvalue weighted by Crippen LogP contribution is -2.49. The first-order chi connectivity index (χ1) is 14.8. The Bertz CT molecular complexity index is 964. The molecule has 6 nitrogen and oxygen atoms in total. The SMILES string of the molecule is CC(C)[C@H](C(=O)OCC(=O)c1ccc(Cl)cc1)N1C(=O)[C@@H]2[C@H]3C=C[C@@H]([C@@H]4C[C@@H]34)[C@H]2C1=O. The summed E-state index contributed by atoms with van der Waals surface area (Å²) in [6.45, 7) is 3.10. The monoisotopic (exact) mass is 441 g/mol. The minimum atomic E-state index is -1.03. The van der Waals surface area contributed by atoms with Crippen molar-refractivity contribution in [2.45, 2.75) is 26.3 Å². The molecule has 1 heterocycles. The van der Waals surface area contributed by atoms with Gasteiger partial charge in [0.05, 0.1) is 11.8 Å². The minimum absolute atomic E-state index is 0.0942. The number of esters is 1. The molecule has 2 saturated carbocycles. The average molecular weight is 442 g/mol. The molecule has 0 N–H and O–H groups in total.